The molecular formula is C12H17NS. The van der Waals surface area contributed by atoms with E-state index in [0.29, 0.717) is 17.2 Å². The Morgan fingerprint density at radius 3 is 2.71 bits per heavy atom. The van der Waals surface area contributed by atoms with Crippen LogP contribution in [-0.2, 0) is 6.42 Å². The van der Waals surface area contributed by atoms with E-state index in [0.717, 1.165) is 6.42 Å². The molecule has 0 aliphatic carbocycles. The van der Waals surface area contributed by atoms with Crippen LogP contribution >= 0.6 is 11.8 Å². The summed E-state index contributed by atoms with van der Waals surface area (Å²) in [7, 11) is 0. The molecule has 2 unspecified atom stereocenters. The minimum Gasteiger partial charge on any atom is -0.326 e. The molecule has 0 aromatic heterocycles. The molecule has 2 atom stereocenters. The Morgan fingerprint density at radius 2 is 2.07 bits per heavy atom. The number of fused-ring (bicyclic) bond motifs is 1. The quantitative estimate of drug-likeness (QED) is 0.807. The minimum absolute atomic E-state index is 0.312. The average Bonchev–Trinajstić information content (AvgIpc) is 2.59. The van der Waals surface area contributed by atoms with Gasteiger partial charge in [0.2, 0.25) is 0 Å². The van der Waals surface area contributed by atoms with Crippen molar-refractivity contribution < 1.29 is 0 Å². The molecule has 0 saturated heterocycles. The lowest BCUT2D eigenvalue weighted by atomic mass is 9.97. The van der Waals surface area contributed by atoms with Crippen LogP contribution in [0.2, 0.25) is 0 Å². The molecule has 2 rings (SSSR count). The summed E-state index contributed by atoms with van der Waals surface area (Å²) in [6, 6.07) is 8.95. The Labute approximate surface area is 90.1 Å². The number of rotatable bonds is 2. The first-order chi connectivity index (χ1) is 6.68. The Bertz CT molecular complexity index is 297. The average molecular weight is 207 g/mol. The van der Waals surface area contributed by atoms with Crippen LogP contribution in [0.4, 0.5) is 0 Å². The van der Waals surface area contributed by atoms with Gasteiger partial charge in [0.25, 0.3) is 0 Å². The van der Waals surface area contributed by atoms with Crippen LogP contribution in [0.25, 0.3) is 0 Å². The predicted octanol–water partition coefficient (Wildman–Crippen LogP) is 2.69. The highest BCUT2D eigenvalue weighted by Crippen LogP contribution is 2.38. The molecule has 1 nitrogen and oxygen atoms in total. The van der Waals surface area contributed by atoms with Crippen molar-refractivity contribution in [2.24, 2.45) is 11.7 Å². The smallest absolute Gasteiger partial charge is 0.0289 e. The topological polar surface area (TPSA) is 26.0 Å². The highest BCUT2D eigenvalue weighted by atomic mass is 32.2. The zero-order chi connectivity index (χ0) is 10.1. The van der Waals surface area contributed by atoms with Gasteiger partial charge in [0, 0.05) is 16.2 Å². The molecular weight excluding hydrogens is 190 g/mol. The van der Waals surface area contributed by atoms with Crippen molar-refractivity contribution in [1.29, 1.82) is 0 Å². The molecule has 0 spiro atoms. The van der Waals surface area contributed by atoms with Crippen molar-refractivity contribution in [3.63, 3.8) is 0 Å². The van der Waals surface area contributed by atoms with E-state index in [9.17, 15) is 0 Å². The first-order valence-corrected chi connectivity index (χ1v) is 6.06. The fourth-order valence-electron chi connectivity index (χ4n) is 1.85. The van der Waals surface area contributed by atoms with Gasteiger partial charge in [-0.2, -0.15) is 0 Å². The Kier molecular flexibility index (Phi) is 2.84. The molecule has 0 radical (unpaired) electrons. The predicted molar refractivity (Wildman–Crippen MR) is 62.6 cm³/mol. The van der Waals surface area contributed by atoms with Gasteiger partial charge in [-0.1, -0.05) is 32.0 Å². The monoisotopic (exact) mass is 207 g/mol. The van der Waals surface area contributed by atoms with E-state index in [1.807, 2.05) is 11.8 Å². The summed E-state index contributed by atoms with van der Waals surface area (Å²) in [5, 5.41) is 0.576. The first kappa shape index (κ1) is 10.1. The molecule has 2 heteroatoms. The van der Waals surface area contributed by atoms with Crippen LogP contribution in [0.1, 0.15) is 19.4 Å². The molecule has 0 saturated carbocycles. The second kappa shape index (κ2) is 3.95. The fraction of sp³-hybridized carbons (Fsp3) is 0.500. The second-order valence-corrected chi connectivity index (χ2v) is 5.57. The van der Waals surface area contributed by atoms with Crippen LogP contribution in [0, 0.1) is 5.92 Å². The summed E-state index contributed by atoms with van der Waals surface area (Å²) >= 11 is 1.95. The van der Waals surface area contributed by atoms with Crippen LogP contribution < -0.4 is 5.73 Å². The molecule has 0 bridgehead atoms. The van der Waals surface area contributed by atoms with Crippen molar-refractivity contribution in [2.45, 2.75) is 36.5 Å². The van der Waals surface area contributed by atoms with Gasteiger partial charge in [0.1, 0.15) is 0 Å². The van der Waals surface area contributed by atoms with E-state index in [4.69, 9.17) is 5.73 Å². The molecule has 1 aliphatic rings. The second-order valence-electron chi connectivity index (χ2n) is 4.29. The van der Waals surface area contributed by atoms with Crippen LogP contribution in [0.15, 0.2) is 29.2 Å². The SMILES string of the molecule is CC(C)C(N)C1Cc2ccccc2S1. The minimum atomic E-state index is 0.312. The van der Waals surface area contributed by atoms with Crippen LogP contribution in [0.3, 0.4) is 0 Å². The first-order valence-electron chi connectivity index (χ1n) is 5.18. The molecule has 1 aromatic carbocycles. The molecule has 0 fully saturated rings. The zero-order valence-electron chi connectivity index (χ0n) is 8.73. The Balaban J connectivity index is 2.12. The van der Waals surface area contributed by atoms with Crippen LogP contribution in [0.5, 0.6) is 0 Å². The largest absolute Gasteiger partial charge is 0.326 e. The van der Waals surface area contributed by atoms with Gasteiger partial charge in [0.05, 0.1) is 0 Å². The maximum atomic E-state index is 6.18. The van der Waals surface area contributed by atoms with Crippen molar-refractivity contribution >= 4 is 11.8 Å². The summed E-state index contributed by atoms with van der Waals surface area (Å²) in [6.45, 7) is 4.41. The Hall–Kier alpha value is -0.470. The maximum absolute atomic E-state index is 6.18. The van der Waals surface area contributed by atoms with Crippen LogP contribution in [-0.4, -0.2) is 11.3 Å². The normalized spacial score (nSPS) is 22.4. The van der Waals surface area contributed by atoms with E-state index in [2.05, 4.69) is 38.1 Å². The van der Waals surface area contributed by atoms with E-state index >= 15 is 0 Å². The Morgan fingerprint density at radius 1 is 1.36 bits per heavy atom. The third-order valence-electron chi connectivity index (χ3n) is 2.87. The highest BCUT2D eigenvalue weighted by Gasteiger charge is 2.28. The third-order valence-corrected chi connectivity index (χ3v) is 4.31. The number of benzene rings is 1. The number of nitrogens with two attached hydrogens (primary N) is 1. The molecule has 1 aliphatic heterocycles. The standard InChI is InChI=1S/C12H17NS/c1-8(2)12(13)11-7-9-5-3-4-6-10(9)14-11/h3-6,8,11-12H,7,13H2,1-2H3. The van der Waals surface area contributed by atoms with Crippen molar-refractivity contribution in [1.82, 2.24) is 0 Å². The van der Waals surface area contributed by atoms with Gasteiger partial charge in [-0.15, -0.1) is 11.8 Å². The molecule has 2 N–H and O–H groups in total. The van der Waals surface area contributed by atoms with Gasteiger partial charge in [-0.25, -0.2) is 0 Å². The fourth-order valence-corrected chi connectivity index (χ4v) is 3.37. The van der Waals surface area contributed by atoms with Gasteiger partial charge in [-0.05, 0) is 24.0 Å². The summed E-state index contributed by atoms with van der Waals surface area (Å²) in [5.74, 6) is 0.571. The third kappa shape index (κ3) is 1.82. The lowest BCUT2D eigenvalue weighted by molar-refractivity contribution is 0.478. The van der Waals surface area contributed by atoms with Gasteiger partial charge in [-0.3, -0.25) is 0 Å². The molecule has 1 aromatic rings. The van der Waals surface area contributed by atoms with E-state index in [-0.39, 0.29) is 0 Å². The van der Waals surface area contributed by atoms with Crippen molar-refractivity contribution in [3.05, 3.63) is 29.8 Å². The highest BCUT2D eigenvalue weighted by molar-refractivity contribution is 8.00. The summed E-state index contributed by atoms with van der Waals surface area (Å²) in [6.07, 6.45) is 1.14. The maximum Gasteiger partial charge on any atom is 0.0289 e. The lowest BCUT2D eigenvalue weighted by Gasteiger charge is -2.21. The zero-order valence-corrected chi connectivity index (χ0v) is 9.55. The number of hydrogen-bond donors (Lipinski definition) is 1. The molecule has 0 amide bonds. The number of thioether (sulfide) groups is 1. The summed E-state index contributed by atoms with van der Waals surface area (Å²) in [4.78, 5) is 1.42. The van der Waals surface area contributed by atoms with Crippen molar-refractivity contribution in [2.75, 3.05) is 0 Å². The van der Waals surface area contributed by atoms with Crippen molar-refractivity contribution in [3.8, 4) is 0 Å². The molecule has 14 heavy (non-hydrogen) atoms. The van der Waals surface area contributed by atoms with E-state index in [1.165, 1.54) is 10.5 Å². The number of hydrogen-bond acceptors (Lipinski definition) is 2. The molecule has 76 valence electrons. The molecule has 1 heterocycles. The van der Waals surface area contributed by atoms with Gasteiger partial charge in [0.15, 0.2) is 0 Å². The summed E-state index contributed by atoms with van der Waals surface area (Å²) < 4.78 is 0. The summed E-state index contributed by atoms with van der Waals surface area (Å²) in [5.41, 5.74) is 7.65. The van der Waals surface area contributed by atoms with E-state index in [1.54, 1.807) is 0 Å². The van der Waals surface area contributed by atoms with Gasteiger partial charge >= 0.3 is 0 Å². The van der Waals surface area contributed by atoms with Gasteiger partial charge < -0.3 is 5.73 Å². The lowest BCUT2D eigenvalue weighted by Crippen LogP contribution is -2.36. The van der Waals surface area contributed by atoms with E-state index < -0.39 is 0 Å².